The molecule has 0 saturated heterocycles. The minimum absolute atomic E-state index is 0.0402. The number of H-pyrrole nitrogens is 1. The Morgan fingerprint density at radius 2 is 2.25 bits per heavy atom. The van der Waals surface area contributed by atoms with Gasteiger partial charge in [-0.05, 0) is 32.1 Å². The molecule has 4 nitrogen and oxygen atoms in total. The zero-order valence-electron chi connectivity index (χ0n) is 11.2. The lowest BCUT2D eigenvalue weighted by Gasteiger charge is -2.09. The number of halogens is 2. The van der Waals surface area contributed by atoms with E-state index >= 15 is 0 Å². The third-order valence-electron chi connectivity index (χ3n) is 2.83. The Labute approximate surface area is 125 Å². The maximum atomic E-state index is 13.5. The molecule has 2 aromatic rings. The number of rotatable bonds is 4. The van der Waals surface area contributed by atoms with Gasteiger partial charge in [-0.1, -0.05) is 11.6 Å². The number of carbonyl (C=O) groups excluding carboxylic acids is 1. The summed E-state index contributed by atoms with van der Waals surface area (Å²) in [6.45, 7) is 4.18. The Hall–Kier alpha value is -1.40. The fourth-order valence-electron chi connectivity index (χ4n) is 1.98. The van der Waals surface area contributed by atoms with E-state index < -0.39 is 5.82 Å². The molecule has 7 heteroatoms. The molecule has 1 aromatic carbocycles. The molecule has 1 aromatic heterocycles. The molecule has 20 heavy (non-hydrogen) atoms. The number of aryl methyl sites for hydroxylation is 1. The van der Waals surface area contributed by atoms with Crippen LogP contribution in [0, 0.1) is 10.6 Å². The normalized spacial score (nSPS) is 11.2. The Kier molecular flexibility index (Phi) is 4.45. The first kappa shape index (κ1) is 15.0. The van der Waals surface area contributed by atoms with Crippen LogP contribution in [0.3, 0.4) is 0 Å². The molecule has 1 amide bonds. The first-order valence-corrected chi connectivity index (χ1v) is 7.04. The summed E-state index contributed by atoms with van der Waals surface area (Å²) in [7, 11) is 0. The van der Waals surface area contributed by atoms with Crippen molar-refractivity contribution in [2.24, 2.45) is 0 Å². The van der Waals surface area contributed by atoms with Crippen molar-refractivity contribution in [3.63, 3.8) is 0 Å². The van der Waals surface area contributed by atoms with Crippen molar-refractivity contribution in [3.8, 4) is 0 Å². The molecule has 0 radical (unpaired) electrons. The van der Waals surface area contributed by atoms with Gasteiger partial charge in [0.2, 0.25) is 5.91 Å². The number of aromatic amines is 1. The quantitative estimate of drug-likeness (QED) is 0.850. The van der Waals surface area contributed by atoms with E-state index in [0.29, 0.717) is 22.3 Å². The highest BCUT2D eigenvalue weighted by Crippen LogP contribution is 2.22. The third kappa shape index (κ3) is 3.19. The van der Waals surface area contributed by atoms with Crippen LogP contribution in [-0.4, -0.2) is 21.5 Å². The number of hydrogen-bond acceptors (Lipinski definition) is 2. The van der Waals surface area contributed by atoms with Gasteiger partial charge in [0.15, 0.2) is 4.77 Å². The second-order valence-electron chi connectivity index (χ2n) is 4.84. The van der Waals surface area contributed by atoms with Gasteiger partial charge in [-0.25, -0.2) is 4.39 Å². The summed E-state index contributed by atoms with van der Waals surface area (Å²) in [6, 6.07) is 2.91. The number of carbonyl (C=O) groups is 1. The molecule has 2 N–H and O–H groups in total. The molecule has 0 spiro atoms. The van der Waals surface area contributed by atoms with Crippen LogP contribution in [0.15, 0.2) is 12.1 Å². The first-order chi connectivity index (χ1) is 9.38. The molecular weight excluding hydrogens is 301 g/mol. The van der Waals surface area contributed by atoms with Crippen molar-refractivity contribution in [2.75, 3.05) is 0 Å². The number of nitrogens with one attached hydrogen (secondary N) is 2. The van der Waals surface area contributed by atoms with E-state index in [1.807, 2.05) is 13.8 Å². The molecular formula is C13H15ClFN3OS. The topological polar surface area (TPSA) is 49.8 Å². The first-order valence-electron chi connectivity index (χ1n) is 6.25. The minimum atomic E-state index is -0.506. The van der Waals surface area contributed by atoms with Crippen molar-refractivity contribution in [1.29, 1.82) is 0 Å². The fraction of sp³-hybridized carbons (Fsp3) is 0.385. The molecule has 0 atom stereocenters. The second kappa shape index (κ2) is 5.93. The van der Waals surface area contributed by atoms with Crippen LogP contribution in [0.2, 0.25) is 5.02 Å². The molecule has 108 valence electrons. The molecule has 0 fully saturated rings. The van der Waals surface area contributed by atoms with Crippen LogP contribution in [0.4, 0.5) is 4.39 Å². The number of imidazole rings is 1. The lowest BCUT2D eigenvalue weighted by molar-refractivity contribution is -0.121. The van der Waals surface area contributed by atoms with Crippen molar-refractivity contribution < 1.29 is 9.18 Å². The Morgan fingerprint density at radius 3 is 2.90 bits per heavy atom. The van der Waals surface area contributed by atoms with E-state index in [4.69, 9.17) is 23.8 Å². The zero-order valence-corrected chi connectivity index (χ0v) is 12.7. The van der Waals surface area contributed by atoms with Crippen LogP contribution < -0.4 is 5.32 Å². The number of hydrogen-bond donors (Lipinski definition) is 2. The summed E-state index contributed by atoms with van der Waals surface area (Å²) in [5.74, 6) is -0.570. The smallest absolute Gasteiger partial charge is 0.221 e. The van der Waals surface area contributed by atoms with Gasteiger partial charge in [-0.2, -0.15) is 0 Å². The highest BCUT2D eigenvalue weighted by atomic mass is 35.5. The Balaban J connectivity index is 2.26. The predicted molar refractivity (Wildman–Crippen MR) is 80.0 cm³/mol. The Morgan fingerprint density at radius 1 is 1.55 bits per heavy atom. The van der Waals surface area contributed by atoms with Gasteiger partial charge < -0.3 is 14.9 Å². The van der Waals surface area contributed by atoms with Gasteiger partial charge in [0.25, 0.3) is 0 Å². The summed E-state index contributed by atoms with van der Waals surface area (Å²) in [6.07, 6.45) is 0.281. The SMILES string of the molecule is CC(C)NC(=O)CCn1c(=S)[nH]c2cc(Cl)c(F)cc21. The molecule has 0 aliphatic heterocycles. The number of amides is 1. The summed E-state index contributed by atoms with van der Waals surface area (Å²) in [4.78, 5) is 14.6. The van der Waals surface area contributed by atoms with Crippen molar-refractivity contribution in [3.05, 3.63) is 27.7 Å². The fourth-order valence-corrected chi connectivity index (χ4v) is 2.44. The van der Waals surface area contributed by atoms with Crippen LogP contribution in [-0.2, 0) is 11.3 Å². The summed E-state index contributed by atoms with van der Waals surface area (Å²) < 4.78 is 15.7. The average molecular weight is 316 g/mol. The number of fused-ring (bicyclic) bond motifs is 1. The van der Waals surface area contributed by atoms with Crippen molar-refractivity contribution >= 4 is 40.8 Å². The van der Waals surface area contributed by atoms with E-state index in [2.05, 4.69) is 10.3 Å². The van der Waals surface area contributed by atoms with Gasteiger partial charge in [0.1, 0.15) is 5.82 Å². The third-order valence-corrected chi connectivity index (χ3v) is 3.44. The second-order valence-corrected chi connectivity index (χ2v) is 5.63. The minimum Gasteiger partial charge on any atom is -0.354 e. The predicted octanol–water partition coefficient (Wildman–Crippen LogP) is 3.41. The number of benzene rings is 1. The van der Waals surface area contributed by atoms with Gasteiger partial charge in [-0.3, -0.25) is 4.79 Å². The molecule has 0 aliphatic rings. The van der Waals surface area contributed by atoms with Gasteiger partial charge in [-0.15, -0.1) is 0 Å². The highest BCUT2D eigenvalue weighted by molar-refractivity contribution is 7.71. The summed E-state index contributed by atoms with van der Waals surface area (Å²) >= 11 is 10.9. The van der Waals surface area contributed by atoms with Crippen molar-refractivity contribution in [2.45, 2.75) is 32.9 Å². The largest absolute Gasteiger partial charge is 0.354 e. The Bertz CT molecular complexity index is 707. The highest BCUT2D eigenvalue weighted by Gasteiger charge is 2.10. The van der Waals surface area contributed by atoms with Crippen LogP contribution >= 0.6 is 23.8 Å². The molecule has 0 aliphatic carbocycles. The van der Waals surface area contributed by atoms with Crippen LogP contribution in [0.5, 0.6) is 0 Å². The average Bonchev–Trinajstić information content (AvgIpc) is 2.62. The summed E-state index contributed by atoms with van der Waals surface area (Å²) in [5, 5.41) is 2.84. The van der Waals surface area contributed by atoms with Gasteiger partial charge >= 0.3 is 0 Å². The maximum absolute atomic E-state index is 13.5. The number of aromatic nitrogens is 2. The lowest BCUT2D eigenvalue weighted by atomic mass is 10.3. The molecule has 1 heterocycles. The van der Waals surface area contributed by atoms with Crippen molar-refractivity contribution in [1.82, 2.24) is 14.9 Å². The van der Waals surface area contributed by atoms with E-state index in [1.165, 1.54) is 12.1 Å². The van der Waals surface area contributed by atoms with E-state index in [1.54, 1.807) is 4.57 Å². The summed E-state index contributed by atoms with van der Waals surface area (Å²) in [5.41, 5.74) is 1.26. The monoisotopic (exact) mass is 315 g/mol. The van der Waals surface area contributed by atoms with Crippen LogP contribution in [0.25, 0.3) is 11.0 Å². The number of nitrogens with zero attached hydrogens (tertiary/aromatic N) is 1. The maximum Gasteiger partial charge on any atom is 0.221 e. The van der Waals surface area contributed by atoms with E-state index in [-0.39, 0.29) is 23.4 Å². The van der Waals surface area contributed by atoms with E-state index in [9.17, 15) is 9.18 Å². The van der Waals surface area contributed by atoms with Gasteiger partial charge in [0.05, 0.1) is 16.1 Å². The zero-order chi connectivity index (χ0) is 14.9. The van der Waals surface area contributed by atoms with Crippen LogP contribution in [0.1, 0.15) is 20.3 Å². The molecule has 2 rings (SSSR count). The molecule has 0 saturated carbocycles. The molecule has 0 unspecified atom stereocenters. The van der Waals surface area contributed by atoms with E-state index in [0.717, 1.165) is 0 Å². The standard InChI is InChI=1S/C13H15ClFN3OS/c1-7(2)16-12(19)3-4-18-11-6-9(15)8(14)5-10(11)17-13(18)20/h5-7H,3-4H2,1-2H3,(H,16,19)(H,17,20). The lowest BCUT2D eigenvalue weighted by Crippen LogP contribution is -2.30. The van der Waals surface area contributed by atoms with Gasteiger partial charge in [0, 0.05) is 25.1 Å². The molecule has 0 bridgehead atoms.